The number of halogens is 1. The number of nitrogens with zero attached hydrogens (tertiary/aromatic N) is 1. The van der Waals surface area contributed by atoms with E-state index in [0.717, 1.165) is 28.6 Å². The number of hydrogen-bond acceptors (Lipinski definition) is 3. The lowest BCUT2D eigenvalue weighted by Gasteiger charge is -2.13. The van der Waals surface area contributed by atoms with Crippen molar-refractivity contribution in [1.29, 1.82) is 0 Å². The van der Waals surface area contributed by atoms with Crippen LogP contribution in [-0.4, -0.2) is 15.3 Å². The summed E-state index contributed by atoms with van der Waals surface area (Å²) in [5.74, 6) is 0.699. The van der Waals surface area contributed by atoms with Crippen LogP contribution in [0.3, 0.4) is 0 Å². The van der Waals surface area contributed by atoms with Gasteiger partial charge in [0.2, 0.25) is 0 Å². The van der Waals surface area contributed by atoms with E-state index in [4.69, 9.17) is 5.73 Å². The molecule has 0 amide bonds. The summed E-state index contributed by atoms with van der Waals surface area (Å²) in [7, 11) is 0. The van der Waals surface area contributed by atoms with Crippen molar-refractivity contribution in [2.45, 2.75) is 32.1 Å². The molecule has 19 heavy (non-hydrogen) atoms. The van der Waals surface area contributed by atoms with Gasteiger partial charge >= 0.3 is 0 Å². The van der Waals surface area contributed by atoms with E-state index in [2.05, 4.69) is 32.2 Å². The van der Waals surface area contributed by atoms with Crippen LogP contribution in [0.15, 0.2) is 16.6 Å². The molecule has 0 atom stereocenters. The van der Waals surface area contributed by atoms with E-state index in [1.165, 1.54) is 30.4 Å². The maximum Gasteiger partial charge on any atom is 0.145 e. The number of benzene rings is 1. The summed E-state index contributed by atoms with van der Waals surface area (Å²) in [4.78, 5) is 0. The number of aromatic hydroxyl groups is 1. The SMILES string of the molecule is Nc1cc(-c2cc3c(c(Br)c2O)CCCCC3)[nH]n1. The first-order valence-electron chi connectivity index (χ1n) is 6.51. The standard InChI is InChI=1S/C14H16BrN3O/c15-13-9-5-3-1-2-4-8(9)6-10(14(13)19)11-7-12(16)18-17-11/h6-7,19H,1-5H2,(H3,16,17,18). The van der Waals surface area contributed by atoms with E-state index < -0.39 is 0 Å². The van der Waals surface area contributed by atoms with Crippen molar-refractivity contribution in [2.75, 3.05) is 5.73 Å². The number of hydrogen-bond donors (Lipinski definition) is 3. The molecule has 1 aliphatic rings. The van der Waals surface area contributed by atoms with Gasteiger partial charge in [-0.2, -0.15) is 5.10 Å². The molecule has 100 valence electrons. The quantitative estimate of drug-likeness (QED) is 0.705. The maximum absolute atomic E-state index is 10.4. The van der Waals surface area contributed by atoms with Crippen molar-refractivity contribution >= 4 is 21.7 Å². The Morgan fingerprint density at radius 1 is 1.21 bits per heavy atom. The normalized spacial score (nSPS) is 15.0. The molecule has 0 saturated carbocycles. The predicted octanol–water partition coefficient (Wildman–Crippen LogP) is 3.40. The average molecular weight is 322 g/mol. The summed E-state index contributed by atoms with van der Waals surface area (Å²) < 4.78 is 0.815. The zero-order valence-electron chi connectivity index (χ0n) is 10.5. The van der Waals surface area contributed by atoms with E-state index in [9.17, 15) is 5.11 Å². The lowest BCUT2D eigenvalue weighted by atomic mass is 9.97. The number of nitrogens with two attached hydrogens (primary N) is 1. The first kappa shape index (κ1) is 12.5. The Morgan fingerprint density at radius 3 is 2.74 bits per heavy atom. The molecule has 1 aromatic carbocycles. The number of rotatable bonds is 1. The second kappa shape index (κ2) is 4.89. The molecule has 1 aliphatic carbocycles. The number of H-pyrrole nitrogens is 1. The van der Waals surface area contributed by atoms with Crippen LogP contribution in [0, 0.1) is 0 Å². The molecule has 0 spiro atoms. The minimum atomic E-state index is 0.268. The summed E-state index contributed by atoms with van der Waals surface area (Å²) in [6.07, 6.45) is 5.71. The molecule has 0 aliphatic heterocycles. The third-order valence-corrected chi connectivity index (χ3v) is 4.55. The third-order valence-electron chi connectivity index (χ3n) is 3.69. The third kappa shape index (κ3) is 2.23. The second-order valence-corrected chi connectivity index (χ2v) is 5.78. The number of nitrogen functional groups attached to an aromatic ring is 1. The fraction of sp³-hybridized carbons (Fsp3) is 0.357. The number of phenols is 1. The second-order valence-electron chi connectivity index (χ2n) is 4.99. The van der Waals surface area contributed by atoms with Crippen LogP contribution in [0.25, 0.3) is 11.3 Å². The number of aryl methyl sites for hydroxylation is 1. The van der Waals surface area contributed by atoms with Gasteiger partial charge in [0.05, 0.1) is 10.2 Å². The van der Waals surface area contributed by atoms with Crippen LogP contribution in [0.2, 0.25) is 0 Å². The zero-order valence-corrected chi connectivity index (χ0v) is 12.1. The van der Waals surface area contributed by atoms with Gasteiger partial charge in [0, 0.05) is 11.6 Å². The summed E-state index contributed by atoms with van der Waals surface area (Å²) >= 11 is 3.54. The molecule has 4 nitrogen and oxygen atoms in total. The molecule has 5 heteroatoms. The van der Waals surface area contributed by atoms with Crippen molar-refractivity contribution in [2.24, 2.45) is 0 Å². The van der Waals surface area contributed by atoms with Crippen molar-refractivity contribution in [3.63, 3.8) is 0 Å². The monoisotopic (exact) mass is 321 g/mol. The van der Waals surface area contributed by atoms with Gasteiger partial charge in [-0.25, -0.2) is 0 Å². The summed E-state index contributed by atoms with van der Waals surface area (Å²) in [5.41, 5.74) is 9.70. The molecule has 2 aromatic rings. The van der Waals surface area contributed by atoms with Gasteiger partial charge < -0.3 is 10.8 Å². The first-order chi connectivity index (χ1) is 9.16. The predicted molar refractivity (Wildman–Crippen MR) is 79.1 cm³/mol. The Labute approximate surface area is 120 Å². The molecule has 0 unspecified atom stereocenters. The van der Waals surface area contributed by atoms with E-state index >= 15 is 0 Å². The zero-order chi connectivity index (χ0) is 13.4. The van der Waals surface area contributed by atoms with E-state index in [-0.39, 0.29) is 5.75 Å². The van der Waals surface area contributed by atoms with Gasteiger partial charge in [0.1, 0.15) is 11.6 Å². The van der Waals surface area contributed by atoms with Crippen LogP contribution in [0.4, 0.5) is 5.82 Å². The molecular formula is C14H16BrN3O. The molecule has 0 radical (unpaired) electrons. The molecule has 0 fully saturated rings. The molecular weight excluding hydrogens is 306 g/mol. The van der Waals surface area contributed by atoms with Gasteiger partial charge in [-0.05, 0) is 58.8 Å². The van der Waals surface area contributed by atoms with Crippen LogP contribution in [-0.2, 0) is 12.8 Å². The Kier molecular flexibility index (Phi) is 3.22. The highest BCUT2D eigenvalue weighted by Crippen LogP contribution is 2.41. The van der Waals surface area contributed by atoms with Gasteiger partial charge in [-0.15, -0.1) is 0 Å². The molecule has 1 aromatic heterocycles. The minimum Gasteiger partial charge on any atom is -0.506 e. The Hall–Kier alpha value is -1.49. The number of aromatic amines is 1. The molecule has 3 rings (SSSR count). The number of nitrogens with one attached hydrogen (secondary N) is 1. The Bertz CT molecular complexity index is 621. The topological polar surface area (TPSA) is 74.9 Å². The Balaban J connectivity index is 2.16. The molecule has 4 N–H and O–H groups in total. The molecule has 0 saturated heterocycles. The highest BCUT2D eigenvalue weighted by molar-refractivity contribution is 9.10. The van der Waals surface area contributed by atoms with Crippen LogP contribution >= 0.6 is 15.9 Å². The summed E-state index contributed by atoms with van der Waals surface area (Å²) in [6.45, 7) is 0. The highest BCUT2D eigenvalue weighted by atomic mass is 79.9. The summed E-state index contributed by atoms with van der Waals surface area (Å²) in [5, 5.41) is 17.1. The van der Waals surface area contributed by atoms with Gasteiger partial charge in [0.25, 0.3) is 0 Å². The first-order valence-corrected chi connectivity index (χ1v) is 7.30. The highest BCUT2D eigenvalue weighted by Gasteiger charge is 2.19. The van der Waals surface area contributed by atoms with Gasteiger partial charge in [-0.1, -0.05) is 6.42 Å². The van der Waals surface area contributed by atoms with E-state index in [1.54, 1.807) is 6.07 Å². The lowest BCUT2D eigenvalue weighted by Crippen LogP contribution is -1.95. The smallest absolute Gasteiger partial charge is 0.145 e. The largest absolute Gasteiger partial charge is 0.506 e. The maximum atomic E-state index is 10.4. The van der Waals surface area contributed by atoms with E-state index in [0.29, 0.717) is 5.82 Å². The Morgan fingerprint density at radius 2 is 2.00 bits per heavy atom. The van der Waals surface area contributed by atoms with Crippen LogP contribution in [0.5, 0.6) is 5.75 Å². The van der Waals surface area contributed by atoms with Gasteiger partial charge in [0.15, 0.2) is 0 Å². The van der Waals surface area contributed by atoms with E-state index in [1.807, 2.05) is 0 Å². The molecule has 0 bridgehead atoms. The number of anilines is 1. The fourth-order valence-corrected chi connectivity index (χ4v) is 3.37. The fourth-order valence-electron chi connectivity index (χ4n) is 2.70. The average Bonchev–Trinajstić information content (AvgIpc) is 2.69. The van der Waals surface area contributed by atoms with Crippen LogP contribution < -0.4 is 5.73 Å². The minimum absolute atomic E-state index is 0.268. The number of aromatic nitrogens is 2. The molecule has 1 heterocycles. The lowest BCUT2D eigenvalue weighted by molar-refractivity contribution is 0.472. The van der Waals surface area contributed by atoms with Crippen LogP contribution in [0.1, 0.15) is 30.4 Å². The van der Waals surface area contributed by atoms with Crippen molar-refractivity contribution < 1.29 is 5.11 Å². The van der Waals surface area contributed by atoms with Gasteiger partial charge in [-0.3, -0.25) is 5.10 Å². The van der Waals surface area contributed by atoms with Crippen molar-refractivity contribution in [3.8, 4) is 17.0 Å². The number of fused-ring (bicyclic) bond motifs is 1. The summed E-state index contributed by atoms with van der Waals surface area (Å²) in [6, 6.07) is 3.80. The van der Waals surface area contributed by atoms with Crippen molar-refractivity contribution in [1.82, 2.24) is 10.2 Å². The van der Waals surface area contributed by atoms with Crippen molar-refractivity contribution in [3.05, 3.63) is 27.7 Å². The number of phenolic OH excluding ortho intramolecular Hbond substituents is 1.